The minimum Gasteiger partial charge on any atom is -0.497 e. The third-order valence-corrected chi connectivity index (χ3v) is 4.41. The van der Waals surface area contributed by atoms with Crippen LogP contribution in [0.3, 0.4) is 0 Å². The van der Waals surface area contributed by atoms with E-state index >= 15 is 0 Å². The summed E-state index contributed by atoms with van der Waals surface area (Å²) in [5, 5.41) is 7.14. The fraction of sp³-hybridized carbons (Fsp3) is 0.217. The summed E-state index contributed by atoms with van der Waals surface area (Å²) in [6, 6.07) is 16.0. The number of nitrogens with zero attached hydrogens (tertiary/aromatic N) is 2. The predicted molar refractivity (Wildman–Crippen MR) is 113 cm³/mol. The number of carbonyl (C=O) groups excluding carboxylic acids is 1. The summed E-state index contributed by atoms with van der Waals surface area (Å²) in [5.74, 6) is 1.12. The molecule has 5 heteroatoms. The highest BCUT2D eigenvalue weighted by Crippen LogP contribution is 2.16. The Balaban J connectivity index is 1.57. The molecular weight excluding hydrogens is 350 g/mol. The number of ether oxygens (including phenoxy) is 1. The van der Waals surface area contributed by atoms with Gasteiger partial charge in [0.05, 0.1) is 25.5 Å². The molecule has 0 saturated heterocycles. The number of carbonyl (C=O) groups is 1. The molecular formula is C23H25N3O2. The first-order valence-corrected chi connectivity index (χ1v) is 9.28. The zero-order valence-electron chi connectivity index (χ0n) is 16.4. The molecule has 5 nitrogen and oxygen atoms in total. The molecule has 0 saturated carbocycles. The average Bonchev–Trinajstić information content (AvgIpc) is 3.13. The summed E-state index contributed by atoms with van der Waals surface area (Å²) < 4.78 is 7.01. The summed E-state index contributed by atoms with van der Waals surface area (Å²) in [6.45, 7) is 4.92. The number of methoxy groups -OCH3 is 1. The van der Waals surface area contributed by atoms with Crippen molar-refractivity contribution in [1.29, 1.82) is 0 Å². The minimum absolute atomic E-state index is 0.186. The Labute approximate surface area is 165 Å². The van der Waals surface area contributed by atoms with Crippen LogP contribution < -0.4 is 10.1 Å². The van der Waals surface area contributed by atoms with Gasteiger partial charge in [-0.05, 0) is 40.8 Å². The van der Waals surface area contributed by atoms with Crippen molar-refractivity contribution in [2.24, 2.45) is 0 Å². The molecule has 0 unspecified atom stereocenters. The van der Waals surface area contributed by atoms with Crippen molar-refractivity contribution >= 4 is 17.7 Å². The topological polar surface area (TPSA) is 56.1 Å². The van der Waals surface area contributed by atoms with Crippen LogP contribution in [0.2, 0.25) is 0 Å². The lowest BCUT2D eigenvalue weighted by Gasteiger charge is -2.05. The molecule has 1 amide bonds. The van der Waals surface area contributed by atoms with Crippen molar-refractivity contribution in [2.45, 2.75) is 26.3 Å². The number of benzene rings is 2. The Bertz CT molecular complexity index is 956. The van der Waals surface area contributed by atoms with Crippen LogP contribution in [-0.4, -0.2) is 22.8 Å². The molecule has 144 valence electrons. The van der Waals surface area contributed by atoms with Gasteiger partial charge < -0.3 is 10.1 Å². The fourth-order valence-corrected chi connectivity index (χ4v) is 2.82. The van der Waals surface area contributed by atoms with Crippen LogP contribution in [0, 0.1) is 0 Å². The van der Waals surface area contributed by atoms with Gasteiger partial charge in [-0.1, -0.05) is 50.2 Å². The van der Waals surface area contributed by atoms with E-state index in [1.165, 1.54) is 11.6 Å². The molecule has 0 aliphatic rings. The standard InChI is InChI=1S/C23H25N3O2/c1-17(2)20-10-7-18(8-11-20)9-12-23(27)25-21-14-24-26(16-21)15-19-5-4-6-22(13-19)28-3/h4-14,16-17H,15H2,1-3H3,(H,25,27)/b12-9+. The van der Waals surface area contributed by atoms with Gasteiger partial charge in [0.25, 0.3) is 0 Å². The molecule has 2 aromatic carbocycles. The molecule has 28 heavy (non-hydrogen) atoms. The lowest BCUT2D eigenvalue weighted by atomic mass is 10.0. The van der Waals surface area contributed by atoms with E-state index in [4.69, 9.17) is 4.74 Å². The Morgan fingerprint density at radius 2 is 2.00 bits per heavy atom. The molecule has 1 aromatic heterocycles. The zero-order chi connectivity index (χ0) is 19.9. The Morgan fingerprint density at radius 3 is 2.71 bits per heavy atom. The van der Waals surface area contributed by atoms with E-state index < -0.39 is 0 Å². The second-order valence-corrected chi connectivity index (χ2v) is 6.92. The highest BCUT2D eigenvalue weighted by Gasteiger charge is 2.04. The Morgan fingerprint density at radius 1 is 1.21 bits per heavy atom. The smallest absolute Gasteiger partial charge is 0.248 e. The first kappa shape index (κ1) is 19.4. The number of hydrogen-bond donors (Lipinski definition) is 1. The monoisotopic (exact) mass is 375 g/mol. The van der Waals surface area contributed by atoms with E-state index in [9.17, 15) is 4.79 Å². The van der Waals surface area contributed by atoms with Crippen molar-refractivity contribution in [3.05, 3.63) is 83.7 Å². The van der Waals surface area contributed by atoms with Crippen LogP contribution in [0.4, 0.5) is 5.69 Å². The highest BCUT2D eigenvalue weighted by molar-refractivity contribution is 6.01. The van der Waals surface area contributed by atoms with Gasteiger partial charge in [-0.2, -0.15) is 5.10 Å². The quantitative estimate of drug-likeness (QED) is 0.608. The normalized spacial score (nSPS) is 11.1. The lowest BCUT2D eigenvalue weighted by Crippen LogP contribution is -2.07. The molecule has 0 bridgehead atoms. The number of aromatic nitrogens is 2. The zero-order valence-corrected chi connectivity index (χ0v) is 16.4. The molecule has 3 rings (SSSR count). The minimum atomic E-state index is -0.186. The van der Waals surface area contributed by atoms with Crippen molar-refractivity contribution in [2.75, 3.05) is 12.4 Å². The molecule has 0 aliphatic heterocycles. The second-order valence-electron chi connectivity index (χ2n) is 6.92. The third kappa shape index (κ3) is 5.33. The molecule has 0 spiro atoms. The predicted octanol–water partition coefficient (Wildman–Crippen LogP) is 4.72. The average molecular weight is 375 g/mol. The van der Waals surface area contributed by atoms with Gasteiger partial charge >= 0.3 is 0 Å². The van der Waals surface area contributed by atoms with Gasteiger partial charge in [0, 0.05) is 12.3 Å². The van der Waals surface area contributed by atoms with E-state index in [-0.39, 0.29) is 5.91 Å². The van der Waals surface area contributed by atoms with Gasteiger partial charge in [-0.25, -0.2) is 0 Å². The van der Waals surface area contributed by atoms with Crippen molar-refractivity contribution in [1.82, 2.24) is 9.78 Å². The van der Waals surface area contributed by atoms with Crippen LogP contribution in [-0.2, 0) is 11.3 Å². The third-order valence-electron chi connectivity index (χ3n) is 4.41. The molecule has 0 atom stereocenters. The SMILES string of the molecule is COc1cccc(Cn2cc(NC(=O)/C=C/c3ccc(C(C)C)cc3)cn2)c1. The van der Waals surface area contributed by atoms with Crippen molar-refractivity contribution in [3.8, 4) is 5.75 Å². The first-order chi connectivity index (χ1) is 13.5. The maximum absolute atomic E-state index is 12.2. The van der Waals surface area contributed by atoms with Gasteiger partial charge in [-0.15, -0.1) is 0 Å². The largest absolute Gasteiger partial charge is 0.497 e. The first-order valence-electron chi connectivity index (χ1n) is 9.28. The van der Waals surface area contributed by atoms with E-state index in [1.54, 1.807) is 24.1 Å². The lowest BCUT2D eigenvalue weighted by molar-refractivity contribution is -0.111. The summed E-state index contributed by atoms with van der Waals surface area (Å²) in [5.41, 5.74) is 4.01. The highest BCUT2D eigenvalue weighted by atomic mass is 16.5. The van der Waals surface area contributed by atoms with Gasteiger partial charge in [0.15, 0.2) is 0 Å². The van der Waals surface area contributed by atoms with Gasteiger partial charge in [0.1, 0.15) is 5.75 Å². The number of amides is 1. The van der Waals surface area contributed by atoms with Crippen molar-refractivity contribution in [3.63, 3.8) is 0 Å². The van der Waals surface area contributed by atoms with Crippen molar-refractivity contribution < 1.29 is 9.53 Å². The maximum atomic E-state index is 12.2. The van der Waals surface area contributed by atoms with E-state index in [1.807, 2.05) is 42.6 Å². The Hall–Kier alpha value is -3.34. The molecule has 1 N–H and O–H groups in total. The molecule has 0 aliphatic carbocycles. The van der Waals surface area contributed by atoms with Crippen LogP contribution in [0.15, 0.2) is 67.0 Å². The summed E-state index contributed by atoms with van der Waals surface area (Å²) >= 11 is 0. The Kier molecular flexibility index (Phi) is 6.27. The van der Waals surface area contributed by atoms with Crippen LogP contribution in [0.25, 0.3) is 6.08 Å². The summed E-state index contributed by atoms with van der Waals surface area (Å²) in [6.07, 6.45) is 6.79. The molecule has 1 heterocycles. The maximum Gasteiger partial charge on any atom is 0.248 e. The molecule has 0 fully saturated rings. The number of nitrogens with one attached hydrogen (secondary N) is 1. The second kappa shape index (κ2) is 9.04. The van der Waals surface area contributed by atoms with Gasteiger partial charge in [-0.3, -0.25) is 9.48 Å². The van der Waals surface area contributed by atoms with Crippen LogP contribution >= 0.6 is 0 Å². The van der Waals surface area contributed by atoms with E-state index in [0.29, 0.717) is 18.2 Å². The van der Waals surface area contributed by atoms with Crippen LogP contribution in [0.5, 0.6) is 5.75 Å². The number of hydrogen-bond acceptors (Lipinski definition) is 3. The summed E-state index contributed by atoms with van der Waals surface area (Å²) in [4.78, 5) is 12.2. The van der Waals surface area contributed by atoms with Gasteiger partial charge in [0.2, 0.25) is 5.91 Å². The summed E-state index contributed by atoms with van der Waals surface area (Å²) in [7, 11) is 1.65. The molecule has 0 radical (unpaired) electrons. The fourth-order valence-electron chi connectivity index (χ4n) is 2.82. The van der Waals surface area contributed by atoms with Crippen LogP contribution in [0.1, 0.15) is 36.5 Å². The van der Waals surface area contributed by atoms with E-state index in [0.717, 1.165) is 16.9 Å². The van der Waals surface area contributed by atoms with E-state index in [2.05, 4.69) is 36.4 Å². The molecule has 3 aromatic rings. The number of rotatable bonds is 7. The number of anilines is 1.